The molecule has 0 saturated carbocycles. The van der Waals surface area contributed by atoms with E-state index < -0.39 is 169 Å². The van der Waals surface area contributed by atoms with Crippen molar-refractivity contribution in [3.05, 3.63) is 77.9 Å². The number of esters is 1. The van der Waals surface area contributed by atoms with Crippen LogP contribution in [0.3, 0.4) is 0 Å². The van der Waals surface area contributed by atoms with Gasteiger partial charge >= 0.3 is 5.97 Å². The minimum absolute atomic E-state index is 0.0723. The molecule has 2 aliphatic heterocycles. The highest BCUT2D eigenvalue weighted by atomic mass is 16.5. The number of rotatable bonds is 19. The van der Waals surface area contributed by atoms with Crippen LogP contribution >= 0.6 is 0 Å². The van der Waals surface area contributed by atoms with Crippen LogP contribution in [0.15, 0.2) is 66.7 Å². The molecule has 3 aliphatic rings. The molecule has 2 aromatic rings. The van der Waals surface area contributed by atoms with Crippen LogP contribution in [0, 0.1) is 11.8 Å². The summed E-state index contributed by atoms with van der Waals surface area (Å²) in [7, 11) is 1.26. The Hall–Kier alpha value is -7.52. The Balaban J connectivity index is 1.58. The minimum atomic E-state index is -2.00. The zero-order valence-corrected chi connectivity index (χ0v) is 46.8. The van der Waals surface area contributed by atoms with Crippen molar-refractivity contribution in [3.63, 3.8) is 0 Å². The van der Waals surface area contributed by atoms with E-state index in [1.54, 1.807) is 50.3 Å². The molecule has 6 unspecified atom stereocenters. The topological polar surface area (TPSA) is 406 Å². The lowest BCUT2D eigenvalue weighted by Gasteiger charge is -2.43. The first-order valence-electron chi connectivity index (χ1n) is 27.5. The molecule has 9 amide bonds. The maximum absolute atomic E-state index is 15.0. The number of allylic oxidation sites excluding steroid dienone is 1. The molecule has 2 fully saturated rings. The van der Waals surface area contributed by atoms with Crippen molar-refractivity contribution in [1.29, 1.82) is 0 Å². The number of nitrogens with zero attached hydrogens (tertiary/aromatic N) is 2. The number of aliphatic hydroxyl groups excluding tert-OH is 5. The van der Waals surface area contributed by atoms with Gasteiger partial charge in [0.1, 0.15) is 72.5 Å². The molecular weight excluding hydrogens is 1070 g/mol. The van der Waals surface area contributed by atoms with Gasteiger partial charge in [-0.3, -0.25) is 43.2 Å². The number of carbonyl (C=O) groups is 10. The molecule has 2 saturated heterocycles. The Morgan fingerprint density at radius 2 is 1.45 bits per heavy atom. The summed E-state index contributed by atoms with van der Waals surface area (Å²) in [6, 6.07) is 0.521. The van der Waals surface area contributed by atoms with Crippen molar-refractivity contribution < 1.29 is 83.3 Å². The van der Waals surface area contributed by atoms with Gasteiger partial charge in [-0.25, -0.2) is 4.79 Å². The van der Waals surface area contributed by atoms with Crippen molar-refractivity contribution in [2.45, 2.75) is 184 Å². The quantitative estimate of drug-likeness (QED) is 0.0504. The number of phenolic OH excluding ortho intramolecular Hbond substituents is 1. The number of cyclic esters (lactones) is 1. The second-order valence-electron chi connectivity index (χ2n) is 21.5. The lowest BCUT2D eigenvalue weighted by molar-refractivity contribution is -0.170. The molecule has 2 bridgehead atoms. The third-order valence-electron chi connectivity index (χ3n) is 15.1. The standard InChI is InChI=1S/C56H79N9O17/c1-7-28(2)44-56(81)82-31(5)46(63-48(73)37(21-23-42(57)71)58-52(77)45(29(3)66)62-51(76)41(70)27-34-15-19-36(69)20-16-34)53(78)60-39(25-33-13-17-35(68)18-14-33)49(74)59-38-22-24-43(72)65(54(38)79)47(30(4)67)55(80)64(6)40(50(75)61-44)26-32-11-9-8-10-12-32/h8-13,15-17,19-20,28-31,33,35,37-41,43-47,66-70,72H,7,14,18,21-27H2,1-6H3,(H2,57,71)(H,58,77)(H,59,74)(H,60,78)(H,61,75)(H,62,76)(H,63,73)/t28-,29?,30+,31-,33?,35?,37?,38-,39-,40-,41?,43+,44-,45?,46-,47-/m0/s1. The van der Waals surface area contributed by atoms with Gasteiger partial charge in [0.15, 0.2) is 0 Å². The van der Waals surface area contributed by atoms with Gasteiger partial charge in [-0.15, -0.1) is 0 Å². The number of hydrogen-bond donors (Lipinski definition) is 13. The van der Waals surface area contributed by atoms with Crippen LogP contribution in [0.4, 0.5) is 0 Å². The summed E-state index contributed by atoms with van der Waals surface area (Å²) in [6.45, 7) is 6.86. The van der Waals surface area contributed by atoms with E-state index >= 15 is 0 Å². The highest BCUT2D eigenvalue weighted by molar-refractivity contribution is 5.99. The van der Waals surface area contributed by atoms with Gasteiger partial charge in [0.05, 0.1) is 18.3 Å². The lowest BCUT2D eigenvalue weighted by Crippen LogP contribution is -2.67. The van der Waals surface area contributed by atoms with Gasteiger partial charge in [0.25, 0.3) is 0 Å². The summed E-state index contributed by atoms with van der Waals surface area (Å²) in [5, 5.41) is 78.9. The number of ether oxygens (including phenoxy) is 1. The number of carbonyl (C=O) groups excluding carboxylic acids is 10. The summed E-state index contributed by atoms with van der Waals surface area (Å²) < 4.78 is 5.94. The number of aromatic hydroxyl groups is 1. The Labute approximate surface area is 474 Å². The second-order valence-corrected chi connectivity index (χ2v) is 21.5. The third kappa shape index (κ3) is 17.7. The molecule has 26 nitrogen and oxygen atoms in total. The summed E-state index contributed by atoms with van der Waals surface area (Å²) >= 11 is 0. The molecule has 5 rings (SSSR count). The SMILES string of the molecule is CC[C@H](C)[C@@H]1NC(=O)[C@H](Cc2ccccc2)N(C)C(=O)[C@H]([C@@H](C)O)N2C(=O)[C@H](CC[C@H]2O)NC(=O)[C@H](CC2C=CC(O)CC2)NC(=O)[C@@H](NC(=O)C(CCC(N)=O)NC(=O)C(NC(=O)C(O)Cc2ccc(O)cc2)C(C)O)[C@H](C)OC1=O. The molecule has 1 aliphatic carbocycles. The summed E-state index contributed by atoms with van der Waals surface area (Å²) in [5.41, 5.74) is 6.45. The van der Waals surface area contributed by atoms with E-state index in [2.05, 4.69) is 31.9 Å². The van der Waals surface area contributed by atoms with Crippen molar-refractivity contribution in [1.82, 2.24) is 41.7 Å². The first kappa shape index (κ1) is 65.3. The van der Waals surface area contributed by atoms with Gasteiger partial charge in [-0.1, -0.05) is 74.9 Å². The number of nitrogens with two attached hydrogens (primary N) is 1. The van der Waals surface area contributed by atoms with Gasteiger partial charge in [-0.2, -0.15) is 0 Å². The molecular formula is C56H79N9O17. The molecule has 0 radical (unpaired) electrons. The summed E-state index contributed by atoms with van der Waals surface area (Å²) in [4.78, 5) is 144. The largest absolute Gasteiger partial charge is 0.508 e. The van der Waals surface area contributed by atoms with E-state index in [0.717, 1.165) is 16.7 Å². The minimum Gasteiger partial charge on any atom is -0.508 e. The first-order valence-corrected chi connectivity index (χ1v) is 27.5. The van der Waals surface area contributed by atoms with Crippen molar-refractivity contribution in [2.24, 2.45) is 17.6 Å². The molecule has 450 valence electrons. The smallest absolute Gasteiger partial charge is 0.329 e. The van der Waals surface area contributed by atoms with Gasteiger partial charge in [0.2, 0.25) is 53.2 Å². The number of hydrogen-bond acceptors (Lipinski definition) is 17. The Kier molecular flexibility index (Phi) is 23.9. The first-order chi connectivity index (χ1) is 38.7. The third-order valence-corrected chi connectivity index (χ3v) is 15.1. The molecule has 2 heterocycles. The lowest BCUT2D eigenvalue weighted by atomic mass is 9.88. The van der Waals surface area contributed by atoms with Crippen LogP contribution in [-0.4, -0.2) is 192 Å². The van der Waals surface area contributed by atoms with Gasteiger partial charge in [0, 0.05) is 26.3 Å². The highest BCUT2D eigenvalue weighted by Gasteiger charge is 2.48. The van der Waals surface area contributed by atoms with E-state index in [-0.39, 0.29) is 50.7 Å². The zero-order chi connectivity index (χ0) is 60.7. The summed E-state index contributed by atoms with van der Waals surface area (Å²) in [5.74, 6) is -11.9. The van der Waals surface area contributed by atoms with E-state index in [1.807, 2.05) is 0 Å². The highest BCUT2D eigenvalue weighted by Crippen LogP contribution is 2.27. The average molecular weight is 1150 g/mol. The fraction of sp³-hybridized carbons (Fsp3) is 0.571. The van der Waals surface area contributed by atoms with E-state index in [4.69, 9.17) is 10.5 Å². The monoisotopic (exact) mass is 1150 g/mol. The number of nitrogens with one attached hydrogen (secondary N) is 6. The number of amides is 9. The fourth-order valence-electron chi connectivity index (χ4n) is 9.96. The van der Waals surface area contributed by atoms with Crippen LogP contribution in [-0.2, 0) is 65.5 Å². The zero-order valence-electron chi connectivity index (χ0n) is 46.8. The average Bonchev–Trinajstić information content (AvgIpc) is 3.52. The number of aliphatic hydroxyl groups is 5. The number of piperidine rings is 1. The number of likely N-dealkylation sites (N-methyl/N-ethyl adjacent to an activating group) is 1. The normalized spacial score (nSPS) is 27.3. The van der Waals surface area contributed by atoms with Crippen molar-refractivity contribution in [3.8, 4) is 5.75 Å². The molecule has 0 aromatic heterocycles. The molecule has 16 atom stereocenters. The molecule has 14 N–H and O–H groups in total. The van der Waals surface area contributed by atoms with Crippen LogP contribution in [0.25, 0.3) is 0 Å². The van der Waals surface area contributed by atoms with Crippen LogP contribution in [0.1, 0.15) is 97.1 Å². The Morgan fingerprint density at radius 3 is 2.05 bits per heavy atom. The van der Waals surface area contributed by atoms with Crippen molar-refractivity contribution >= 4 is 59.1 Å². The number of benzene rings is 2. The maximum Gasteiger partial charge on any atom is 0.329 e. The number of primary amides is 1. The van der Waals surface area contributed by atoms with Gasteiger partial charge < -0.3 is 82.8 Å². The molecule has 26 heteroatoms. The van der Waals surface area contributed by atoms with Crippen LogP contribution < -0.4 is 37.6 Å². The van der Waals surface area contributed by atoms with Crippen LogP contribution in [0.2, 0.25) is 0 Å². The van der Waals surface area contributed by atoms with Gasteiger partial charge in [-0.05, 0) is 94.4 Å². The van der Waals surface area contributed by atoms with E-state index in [1.165, 1.54) is 51.2 Å². The fourth-order valence-corrected chi connectivity index (χ4v) is 9.96. The summed E-state index contributed by atoms with van der Waals surface area (Å²) in [6.07, 6.45) is -7.46. The number of fused-ring (bicyclic) bond motifs is 2. The molecule has 82 heavy (non-hydrogen) atoms. The van der Waals surface area contributed by atoms with E-state index in [0.29, 0.717) is 17.5 Å². The second kappa shape index (κ2) is 30.0. The predicted molar refractivity (Wildman–Crippen MR) is 291 cm³/mol. The maximum atomic E-state index is 15.0. The Morgan fingerprint density at radius 1 is 0.780 bits per heavy atom. The van der Waals surface area contributed by atoms with Crippen LogP contribution in [0.5, 0.6) is 5.75 Å². The Bertz CT molecular complexity index is 2620. The van der Waals surface area contributed by atoms with Crippen molar-refractivity contribution in [2.75, 3.05) is 7.05 Å². The predicted octanol–water partition coefficient (Wildman–Crippen LogP) is -2.68. The number of phenols is 1. The van der Waals surface area contributed by atoms with E-state index in [9.17, 15) is 78.6 Å². The molecule has 2 aromatic carbocycles. The molecule has 0 spiro atoms.